The van der Waals surface area contributed by atoms with Crippen LogP contribution in [-0.2, 0) is 4.79 Å². The van der Waals surface area contributed by atoms with Gasteiger partial charge in [0.25, 0.3) is 0 Å². The molecule has 0 unspecified atom stereocenters. The third-order valence-corrected chi connectivity index (χ3v) is 2.66. The fourth-order valence-corrected chi connectivity index (χ4v) is 1.80. The van der Waals surface area contributed by atoms with Crippen molar-refractivity contribution in [1.29, 1.82) is 0 Å². The Labute approximate surface area is 72.9 Å². The fraction of sp³-hybridized carbons (Fsp3) is 0.889. The van der Waals surface area contributed by atoms with Crippen LogP contribution in [0.4, 0.5) is 0 Å². The maximum absolute atomic E-state index is 10.3. The highest BCUT2D eigenvalue weighted by atomic mass is 16.4. The van der Waals surface area contributed by atoms with Crippen molar-refractivity contribution in [2.45, 2.75) is 44.6 Å². The Morgan fingerprint density at radius 1 is 1.33 bits per heavy atom. The maximum atomic E-state index is 10.3. The molecule has 0 amide bonds. The van der Waals surface area contributed by atoms with Gasteiger partial charge in [0.15, 0.2) is 0 Å². The molecule has 3 N–H and O–H groups in total. The molecule has 3 nitrogen and oxygen atoms in total. The lowest BCUT2D eigenvalue weighted by Gasteiger charge is -2.25. The van der Waals surface area contributed by atoms with Crippen LogP contribution in [-0.4, -0.2) is 17.1 Å². The summed E-state index contributed by atoms with van der Waals surface area (Å²) in [6.45, 7) is 0. The number of nitrogens with two attached hydrogens (primary N) is 1. The molecule has 0 aromatic heterocycles. The van der Waals surface area contributed by atoms with Crippen LogP contribution >= 0.6 is 0 Å². The van der Waals surface area contributed by atoms with Crippen LogP contribution in [0, 0.1) is 5.92 Å². The van der Waals surface area contributed by atoms with Gasteiger partial charge in [0.05, 0.1) is 0 Å². The van der Waals surface area contributed by atoms with E-state index in [-0.39, 0.29) is 0 Å². The standard InChI is InChI=1S/C9H17NO2/c10-8-4-1-7(2-5-8)3-6-9(11)12/h7-8H,1-6,10H2,(H,11,12)/t7-,8-. The molecular weight excluding hydrogens is 154 g/mol. The summed E-state index contributed by atoms with van der Waals surface area (Å²) in [6, 6.07) is 0.367. The molecule has 0 saturated heterocycles. The monoisotopic (exact) mass is 171 g/mol. The molecule has 0 atom stereocenters. The van der Waals surface area contributed by atoms with Crippen molar-refractivity contribution in [3.63, 3.8) is 0 Å². The van der Waals surface area contributed by atoms with E-state index in [1.807, 2.05) is 0 Å². The predicted octanol–water partition coefficient (Wildman–Crippen LogP) is 1.37. The molecule has 0 heterocycles. The number of rotatable bonds is 3. The lowest BCUT2D eigenvalue weighted by molar-refractivity contribution is -0.137. The third-order valence-electron chi connectivity index (χ3n) is 2.66. The van der Waals surface area contributed by atoms with Crippen molar-refractivity contribution >= 4 is 5.97 Å². The van der Waals surface area contributed by atoms with Gasteiger partial charge in [-0.3, -0.25) is 4.79 Å². The summed E-state index contributed by atoms with van der Waals surface area (Å²) in [6.07, 6.45) is 5.54. The molecule has 70 valence electrons. The number of carboxylic acid groups (broad SMARTS) is 1. The van der Waals surface area contributed by atoms with Crippen molar-refractivity contribution in [3.05, 3.63) is 0 Å². The molecule has 0 spiro atoms. The van der Waals surface area contributed by atoms with Crippen LogP contribution in [0.2, 0.25) is 0 Å². The largest absolute Gasteiger partial charge is 0.481 e. The van der Waals surface area contributed by atoms with Crippen LogP contribution in [0.25, 0.3) is 0 Å². The molecule has 3 heteroatoms. The molecule has 1 aliphatic carbocycles. The van der Waals surface area contributed by atoms with Crippen LogP contribution in [0.5, 0.6) is 0 Å². The molecule has 0 aromatic carbocycles. The molecule has 0 aromatic rings. The van der Waals surface area contributed by atoms with Crippen molar-refractivity contribution < 1.29 is 9.90 Å². The van der Waals surface area contributed by atoms with Crippen molar-refractivity contribution in [3.8, 4) is 0 Å². The first kappa shape index (κ1) is 9.52. The Bertz CT molecular complexity index is 151. The van der Waals surface area contributed by atoms with E-state index >= 15 is 0 Å². The van der Waals surface area contributed by atoms with Gasteiger partial charge in [-0.2, -0.15) is 0 Å². The number of carbonyl (C=O) groups is 1. The molecule has 0 aliphatic heterocycles. The minimum absolute atomic E-state index is 0.319. The quantitative estimate of drug-likeness (QED) is 0.674. The molecule has 0 radical (unpaired) electrons. The Hall–Kier alpha value is -0.570. The van der Waals surface area contributed by atoms with Gasteiger partial charge in [-0.25, -0.2) is 0 Å². The molecule has 0 bridgehead atoms. The lowest BCUT2D eigenvalue weighted by Crippen LogP contribution is -2.26. The Kier molecular flexibility index (Phi) is 3.53. The average Bonchev–Trinajstić information content (AvgIpc) is 2.03. The van der Waals surface area contributed by atoms with E-state index in [0.717, 1.165) is 32.1 Å². The molecule has 1 rings (SSSR count). The van der Waals surface area contributed by atoms with Gasteiger partial charge < -0.3 is 10.8 Å². The van der Waals surface area contributed by atoms with Crippen molar-refractivity contribution in [1.82, 2.24) is 0 Å². The molecule has 12 heavy (non-hydrogen) atoms. The van der Waals surface area contributed by atoms with E-state index in [9.17, 15) is 4.79 Å². The highest BCUT2D eigenvalue weighted by Gasteiger charge is 2.18. The van der Waals surface area contributed by atoms with Crippen LogP contribution < -0.4 is 5.73 Å². The minimum atomic E-state index is -0.676. The van der Waals surface area contributed by atoms with E-state index in [0.29, 0.717) is 18.4 Å². The Morgan fingerprint density at radius 3 is 2.42 bits per heavy atom. The van der Waals surface area contributed by atoms with E-state index in [2.05, 4.69) is 0 Å². The van der Waals surface area contributed by atoms with E-state index in [1.165, 1.54) is 0 Å². The topological polar surface area (TPSA) is 63.3 Å². The summed E-state index contributed by atoms with van der Waals surface area (Å²) in [4.78, 5) is 10.3. The second-order valence-corrected chi connectivity index (χ2v) is 3.71. The number of aliphatic carboxylic acids is 1. The Balaban J connectivity index is 2.13. The highest BCUT2D eigenvalue weighted by molar-refractivity contribution is 5.66. The smallest absolute Gasteiger partial charge is 0.303 e. The zero-order chi connectivity index (χ0) is 8.97. The highest BCUT2D eigenvalue weighted by Crippen LogP contribution is 2.26. The summed E-state index contributed by atoms with van der Waals surface area (Å²) < 4.78 is 0. The van der Waals surface area contributed by atoms with Crippen LogP contribution in [0.15, 0.2) is 0 Å². The van der Waals surface area contributed by atoms with Gasteiger partial charge in [-0.05, 0) is 38.0 Å². The predicted molar refractivity (Wildman–Crippen MR) is 46.8 cm³/mol. The Morgan fingerprint density at radius 2 is 1.92 bits per heavy atom. The van der Waals surface area contributed by atoms with Crippen LogP contribution in [0.3, 0.4) is 0 Å². The van der Waals surface area contributed by atoms with Gasteiger partial charge in [0.2, 0.25) is 0 Å². The summed E-state index contributed by atoms with van der Waals surface area (Å²) in [5.74, 6) is -0.0641. The SMILES string of the molecule is N[C@H]1CC[C@H](CCC(=O)O)CC1. The molecule has 1 aliphatic rings. The number of hydrogen-bond donors (Lipinski definition) is 2. The first-order valence-corrected chi connectivity index (χ1v) is 4.66. The zero-order valence-electron chi connectivity index (χ0n) is 7.33. The van der Waals surface area contributed by atoms with Gasteiger partial charge in [-0.15, -0.1) is 0 Å². The van der Waals surface area contributed by atoms with Gasteiger partial charge >= 0.3 is 5.97 Å². The van der Waals surface area contributed by atoms with Crippen LogP contribution in [0.1, 0.15) is 38.5 Å². The molecular formula is C9H17NO2. The maximum Gasteiger partial charge on any atom is 0.303 e. The average molecular weight is 171 g/mol. The van der Waals surface area contributed by atoms with Crippen molar-refractivity contribution in [2.24, 2.45) is 11.7 Å². The summed E-state index contributed by atoms with van der Waals surface area (Å²) in [5.41, 5.74) is 5.74. The summed E-state index contributed by atoms with van der Waals surface area (Å²) in [7, 11) is 0. The first-order chi connectivity index (χ1) is 5.68. The lowest BCUT2D eigenvalue weighted by atomic mass is 9.84. The van der Waals surface area contributed by atoms with Gasteiger partial charge in [0.1, 0.15) is 0 Å². The second-order valence-electron chi connectivity index (χ2n) is 3.71. The van der Waals surface area contributed by atoms with Gasteiger partial charge in [-0.1, -0.05) is 0 Å². The molecule has 1 saturated carbocycles. The minimum Gasteiger partial charge on any atom is -0.481 e. The van der Waals surface area contributed by atoms with Gasteiger partial charge in [0, 0.05) is 12.5 Å². The normalized spacial score (nSPS) is 30.1. The summed E-state index contributed by atoms with van der Waals surface area (Å²) >= 11 is 0. The third kappa shape index (κ3) is 3.22. The summed E-state index contributed by atoms with van der Waals surface area (Å²) in [5, 5.41) is 8.47. The number of carboxylic acids is 1. The van der Waals surface area contributed by atoms with Crippen molar-refractivity contribution in [2.75, 3.05) is 0 Å². The zero-order valence-corrected chi connectivity index (χ0v) is 7.33. The van der Waals surface area contributed by atoms with E-state index in [4.69, 9.17) is 10.8 Å². The first-order valence-electron chi connectivity index (χ1n) is 4.66. The number of hydrogen-bond acceptors (Lipinski definition) is 2. The fourth-order valence-electron chi connectivity index (χ4n) is 1.80. The molecule has 1 fully saturated rings. The van der Waals surface area contributed by atoms with E-state index < -0.39 is 5.97 Å². The second kappa shape index (κ2) is 4.45. The van der Waals surface area contributed by atoms with E-state index in [1.54, 1.807) is 0 Å².